The fourth-order valence-corrected chi connectivity index (χ4v) is 1.95. The Morgan fingerprint density at radius 3 is 2.33 bits per heavy atom. The van der Waals surface area contributed by atoms with Crippen LogP contribution in [0.2, 0.25) is 0 Å². The lowest BCUT2D eigenvalue weighted by Crippen LogP contribution is -2.10. The summed E-state index contributed by atoms with van der Waals surface area (Å²) < 4.78 is 0. The predicted molar refractivity (Wildman–Crippen MR) is 74.8 cm³/mol. The highest BCUT2D eigenvalue weighted by Gasteiger charge is 2.07. The summed E-state index contributed by atoms with van der Waals surface area (Å²) in [6.45, 7) is 2.03. The van der Waals surface area contributed by atoms with Crippen LogP contribution in [0.1, 0.15) is 11.1 Å². The second kappa shape index (κ2) is 4.80. The number of nitrogens with zero attached hydrogens (tertiary/aromatic N) is 2. The molecular weight excluding hydrogens is 222 g/mol. The third-order valence-corrected chi connectivity index (χ3v) is 2.97. The van der Waals surface area contributed by atoms with Gasteiger partial charge in [0.05, 0.1) is 11.6 Å². The molecule has 0 atom stereocenters. The molecule has 90 valence electrons. The molecule has 2 N–H and O–H groups in total. The maximum Gasteiger partial charge on any atom is 0.0991 e. The van der Waals surface area contributed by atoms with Gasteiger partial charge in [0, 0.05) is 24.1 Å². The maximum absolute atomic E-state index is 8.78. The first-order valence-electron chi connectivity index (χ1n) is 5.72. The van der Waals surface area contributed by atoms with Crippen LogP contribution in [-0.2, 0) is 0 Å². The van der Waals surface area contributed by atoms with Gasteiger partial charge in [0.1, 0.15) is 0 Å². The van der Waals surface area contributed by atoms with Crippen molar-refractivity contribution in [3.05, 3.63) is 53.6 Å². The number of benzene rings is 2. The zero-order valence-electron chi connectivity index (χ0n) is 10.5. The fraction of sp³-hybridized carbons (Fsp3) is 0.133. The Bertz CT molecular complexity index is 594. The summed E-state index contributed by atoms with van der Waals surface area (Å²) in [5.74, 6) is 0. The van der Waals surface area contributed by atoms with Gasteiger partial charge in [-0.25, -0.2) is 0 Å². The molecule has 0 aliphatic rings. The Kier molecular flexibility index (Phi) is 3.20. The van der Waals surface area contributed by atoms with E-state index in [9.17, 15) is 0 Å². The third-order valence-electron chi connectivity index (χ3n) is 2.97. The normalized spacial score (nSPS) is 9.83. The summed E-state index contributed by atoms with van der Waals surface area (Å²) in [7, 11) is 2.00. The van der Waals surface area contributed by atoms with Gasteiger partial charge in [-0.1, -0.05) is 0 Å². The Hall–Kier alpha value is -2.47. The van der Waals surface area contributed by atoms with Gasteiger partial charge in [-0.15, -0.1) is 0 Å². The lowest BCUT2D eigenvalue weighted by atomic mass is 10.1. The van der Waals surface area contributed by atoms with E-state index in [1.807, 2.05) is 56.4 Å². The number of hydrogen-bond acceptors (Lipinski definition) is 3. The fourth-order valence-electron chi connectivity index (χ4n) is 1.95. The summed E-state index contributed by atoms with van der Waals surface area (Å²) in [6, 6.07) is 15.5. The van der Waals surface area contributed by atoms with E-state index in [1.165, 1.54) is 0 Å². The van der Waals surface area contributed by atoms with E-state index >= 15 is 0 Å². The van der Waals surface area contributed by atoms with Crippen molar-refractivity contribution in [2.75, 3.05) is 17.7 Å². The third kappa shape index (κ3) is 2.28. The van der Waals surface area contributed by atoms with Crippen molar-refractivity contribution in [1.29, 1.82) is 5.26 Å². The molecule has 0 saturated heterocycles. The summed E-state index contributed by atoms with van der Waals surface area (Å²) >= 11 is 0. The van der Waals surface area contributed by atoms with Gasteiger partial charge in [-0.05, 0) is 55.0 Å². The number of hydrogen-bond donors (Lipinski definition) is 1. The van der Waals surface area contributed by atoms with Crippen molar-refractivity contribution >= 4 is 17.1 Å². The Morgan fingerprint density at radius 2 is 1.78 bits per heavy atom. The molecule has 0 heterocycles. The van der Waals surface area contributed by atoms with Gasteiger partial charge < -0.3 is 10.6 Å². The van der Waals surface area contributed by atoms with E-state index in [1.54, 1.807) is 0 Å². The SMILES string of the molecule is Cc1cc(N)ccc1N(C)c1ccc(C#N)cc1. The molecule has 0 aliphatic heterocycles. The Balaban J connectivity index is 2.35. The average molecular weight is 237 g/mol. The lowest BCUT2D eigenvalue weighted by Gasteiger charge is -2.21. The summed E-state index contributed by atoms with van der Waals surface area (Å²) in [4.78, 5) is 2.08. The van der Waals surface area contributed by atoms with Crippen LogP contribution in [0.25, 0.3) is 0 Å². The van der Waals surface area contributed by atoms with Gasteiger partial charge in [-0.2, -0.15) is 5.26 Å². The van der Waals surface area contributed by atoms with E-state index in [4.69, 9.17) is 11.0 Å². The molecule has 2 rings (SSSR count). The molecule has 0 bridgehead atoms. The minimum Gasteiger partial charge on any atom is -0.399 e. The van der Waals surface area contributed by atoms with Crippen LogP contribution in [0, 0.1) is 18.3 Å². The number of nitriles is 1. The maximum atomic E-state index is 8.78. The van der Waals surface area contributed by atoms with Crippen molar-refractivity contribution < 1.29 is 0 Å². The molecule has 2 aromatic rings. The van der Waals surface area contributed by atoms with Gasteiger partial charge in [0.25, 0.3) is 0 Å². The summed E-state index contributed by atoms with van der Waals surface area (Å²) in [5, 5.41) is 8.78. The van der Waals surface area contributed by atoms with E-state index in [2.05, 4.69) is 11.0 Å². The first kappa shape index (κ1) is 12.0. The zero-order chi connectivity index (χ0) is 13.1. The van der Waals surface area contributed by atoms with Gasteiger partial charge >= 0.3 is 0 Å². The van der Waals surface area contributed by atoms with Gasteiger partial charge in [0.15, 0.2) is 0 Å². The molecule has 0 unspecified atom stereocenters. The van der Waals surface area contributed by atoms with Crippen molar-refractivity contribution in [3.8, 4) is 6.07 Å². The van der Waals surface area contributed by atoms with Crippen LogP contribution in [0.15, 0.2) is 42.5 Å². The van der Waals surface area contributed by atoms with E-state index in [0.29, 0.717) is 5.56 Å². The molecule has 0 fully saturated rings. The Morgan fingerprint density at radius 1 is 1.11 bits per heavy atom. The second-order valence-electron chi connectivity index (χ2n) is 4.26. The van der Waals surface area contributed by atoms with E-state index in [-0.39, 0.29) is 0 Å². The second-order valence-corrected chi connectivity index (χ2v) is 4.26. The molecule has 0 spiro atoms. The lowest BCUT2D eigenvalue weighted by molar-refractivity contribution is 1.18. The van der Waals surface area contributed by atoms with E-state index < -0.39 is 0 Å². The molecule has 3 nitrogen and oxygen atoms in total. The predicted octanol–water partition coefficient (Wildman–Crippen LogP) is 3.22. The molecule has 18 heavy (non-hydrogen) atoms. The first-order valence-corrected chi connectivity index (χ1v) is 5.72. The number of aryl methyl sites for hydroxylation is 1. The molecule has 0 aromatic heterocycles. The van der Waals surface area contributed by atoms with Crippen LogP contribution >= 0.6 is 0 Å². The molecule has 0 amide bonds. The summed E-state index contributed by atoms with van der Waals surface area (Å²) in [6.07, 6.45) is 0. The van der Waals surface area contributed by atoms with Crippen LogP contribution in [0.4, 0.5) is 17.1 Å². The molecule has 2 aromatic carbocycles. The highest BCUT2D eigenvalue weighted by Crippen LogP contribution is 2.28. The standard InChI is InChI=1S/C15H15N3/c1-11-9-13(17)5-8-15(11)18(2)14-6-3-12(10-16)4-7-14/h3-9H,17H2,1-2H3. The molecular formula is C15H15N3. The first-order chi connectivity index (χ1) is 8.61. The van der Waals surface area contributed by atoms with Crippen molar-refractivity contribution in [2.45, 2.75) is 6.92 Å². The zero-order valence-corrected chi connectivity index (χ0v) is 10.5. The molecule has 0 aliphatic carbocycles. The topological polar surface area (TPSA) is 53.0 Å². The van der Waals surface area contributed by atoms with Crippen molar-refractivity contribution in [1.82, 2.24) is 0 Å². The largest absolute Gasteiger partial charge is 0.399 e. The van der Waals surface area contributed by atoms with Crippen molar-refractivity contribution in [2.24, 2.45) is 0 Å². The monoisotopic (exact) mass is 237 g/mol. The van der Waals surface area contributed by atoms with Crippen LogP contribution in [0.5, 0.6) is 0 Å². The van der Waals surface area contributed by atoms with Crippen LogP contribution in [-0.4, -0.2) is 7.05 Å². The minimum atomic E-state index is 0.668. The number of anilines is 3. The van der Waals surface area contributed by atoms with Crippen LogP contribution < -0.4 is 10.6 Å². The number of nitrogen functional groups attached to an aromatic ring is 1. The summed E-state index contributed by atoms with van der Waals surface area (Å²) in [5.41, 5.74) is 10.5. The van der Waals surface area contributed by atoms with E-state index in [0.717, 1.165) is 22.6 Å². The minimum absolute atomic E-state index is 0.668. The quantitative estimate of drug-likeness (QED) is 0.816. The molecule has 0 radical (unpaired) electrons. The van der Waals surface area contributed by atoms with Gasteiger partial charge in [0.2, 0.25) is 0 Å². The Labute approximate surface area is 107 Å². The highest BCUT2D eigenvalue weighted by molar-refractivity contribution is 5.68. The van der Waals surface area contributed by atoms with Crippen molar-refractivity contribution in [3.63, 3.8) is 0 Å². The smallest absolute Gasteiger partial charge is 0.0991 e. The van der Waals surface area contributed by atoms with Gasteiger partial charge in [-0.3, -0.25) is 0 Å². The average Bonchev–Trinajstić information content (AvgIpc) is 2.38. The highest BCUT2D eigenvalue weighted by atomic mass is 15.1. The number of nitrogens with two attached hydrogens (primary N) is 1. The van der Waals surface area contributed by atoms with Crippen LogP contribution in [0.3, 0.4) is 0 Å². The molecule has 0 saturated carbocycles. The number of rotatable bonds is 2. The molecule has 3 heteroatoms.